The highest BCUT2D eigenvalue weighted by molar-refractivity contribution is 7.07. The smallest absolute Gasteiger partial charge is 0.338 e. The van der Waals surface area contributed by atoms with Crippen molar-refractivity contribution in [2.45, 2.75) is 60.0 Å². The Labute approximate surface area is 226 Å². The summed E-state index contributed by atoms with van der Waals surface area (Å²) in [6.45, 7) is 13.2. The minimum Gasteiger partial charge on any atom is -0.466 e. The average molecular weight is 528 g/mol. The van der Waals surface area contributed by atoms with Gasteiger partial charge in [-0.25, -0.2) is 9.79 Å². The Morgan fingerprint density at radius 2 is 1.84 bits per heavy atom. The number of hydrogen-bond acceptors (Lipinski definition) is 5. The van der Waals surface area contributed by atoms with E-state index in [2.05, 4.69) is 69.5 Å². The molecule has 0 radical (unpaired) electrons. The molecule has 5 rings (SSSR count). The lowest BCUT2D eigenvalue weighted by molar-refractivity contribution is -0.136. The second kappa shape index (κ2) is 9.87. The second-order valence-corrected chi connectivity index (χ2v) is 11.2. The van der Waals surface area contributed by atoms with Crippen LogP contribution in [0, 0.1) is 13.8 Å². The highest BCUT2D eigenvalue weighted by Gasteiger charge is 2.33. The number of ether oxygens (including phenoxy) is 1. The number of benzene rings is 2. The van der Waals surface area contributed by atoms with Gasteiger partial charge < -0.3 is 9.30 Å². The van der Waals surface area contributed by atoms with E-state index in [1.807, 2.05) is 18.2 Å². The van der Waals surface area contributed by atoms with Crippen LogP contribution in [0.25, 0.3) is 17.0 Å². The van der Waals surface area contributed by atoms with E-state index < -0.39 is 12.0 Å². The highest BCUT2D eigenvalue weighted by atomic mass is 32.1. The molecule has 0 saturated heterocycles. The average Bonchev–Trinajstić information content (AvgIpc) is 3.34. The van der Waals surface area contributed by atoms with Crippen LogP contribution in [0.1, 0.15) is 67.6 Å². The van der Waals surface area contributed by atoms with Gasteiger partial charge in [0.2, 0.25) is 0 Å². The van der Waals surface area contributed by atoms with E-state index in [4.69, 9.17) is 9.73 Å². The van der Waals surface area contributed by atoms with Crippen LogP contribution in [-0.4, -0.2) is 22.2 Å². The van der Waals surface area contributed by atoms with Gasteiger partial charge >= 0.3 is 5.97 Å². The van der Waals surface area contributed by atoms with E-state index in [-0.39, 0.29) is 5.56 Å². The Morgan fingerprint density at radius 3 is 2.47 bits per heavy atom. The van der Waals surface area contributed by atoms with Gasteiger partial charge in [0.25, 0.3) is 5.56 Å². The summed E-state index contributed by atoms with van der Waals surface area (Å²) in [6.07, 6.45) is 1.99. The number of thiazole rings is 1. The summed E-state index contributed by atoms with van der Waals surface area (Å²) in [7, 11) is 1.36. The molecule has 2 aromatic heterocycles. The van der Waals surface area contributed by atoms with Gasteiger partial charge in [0.1, 0.15) is 0 Å². The van der Waals surface area contributed by atoms with Crippen LogP contribution < -0.4 is 14.9 Å². The van der Waals surface area contributed by atoms with Crippen molar-refractivity contribution in [1.29, 1.82) is 0 Å². The molecule has 0 saturated carbocycles. The van der Waals surface area contributed by atoms with Gasteiger partial charge in [-0.05, 0) is 62.9 Å². The minimum atomic E-state index is -0.609. The molecule has 0 fully saturated rings. The van der Waals surface area contributed by atoms with Crippen molar-refractivity contribution in [3.05, 3.63) is 101 Å². The van der Waals surface area contributed by atoms with Gasteiger partial charge in [-0.3, -0.25) is 9.36 Å². The number of aryl methyl sites for hydroxylation is 2. The monoisotopic (exact) mass is 527 g/mol. The number of carbonyl (C=O) groups is 1. The van der Waals surface area contributed by atoms with Gasteiger partial charge in [-0.15, -0.1) is 0 Å². The molecule has 0 N–H and O–H groups in total. The first kappa shape index (κ1) is 25.9. The summed E-state index contributed by atoms with van der Waals surface area (Å²) in [5, 5.41) is 1.13. The van der Waals surface area contributed by atoms with E-state index in [1.165, 1.54) is 29.6 Å². The predicted octanol–water partition coefficient (Wildman–Crippen LogP) is 5.12. The Balaban J connectivity index is 1.77. The van der Waals surface area contributed by atoms with Gasteiger partial charge in [0.15, 0.2) is 4.80 Å². The van der Waals surface area contributed by atoms with Gasteiger partial charge in [0.05, 0.1) is 29.0 Å². The van der Waals surface area contributed by atoms with Crippen molar-refractivity contribution in [2.24, 2.45) is 4.99 Å². The Hall–Kier alpha value is -3.71. The SMILES string of the molecule is CCn1c(C)c(/C=c2\sc3n(c2=O)[C@@H](c2ccc(C(C)C)cc2)C(C(=O)OC)=C(C)N=3)c2cc(C)ccc21. The fraction of sp³-hybridized carbons (Fsp3) is 0.323. The lowest BCUT2D eigenvalue weighted by Gasteiger charge is -2.24. The van der Waals surface area contributed by atoms with Crippen molar-refractivity contribution in [3.8, 4) is 0 Å². The lowest BCUT2D eigenvalue weighted by Crippen LogP contribution is -2.39. The fourth-order valence-corrected chi connectivity index (χ4v) is 6.44. The number of fused-ring (bicyclic) bond motifs is 2. The molecule has 4 aromatic rings. The van der Waals surface area contributed by atoms with Crippen LogP contribution >= 0.6 is 11.3 Å². The Morgan fingerprint density at radius 1 is 1.13 bits per heavy atom. The van der Waals surface area contributed by atoms with Crippen molar-refractivity contribution < 1.29 is 9.53 Å². The van der Waals surface area contributed by atoms with Gasteiger partial charge in [0, 0.05) is 28.7 Å². The van der Waals surface area contributed by atoms with E-state index in [9.17, 15) is 9.59 Å². The van der Waals surface area contributed by atoms with Crippen molar-refractivity contribution >= 4 is 34.3 Å². The summed E-state index contributed by atoms with van der Waals surface area (Å²) < 4.78 is 9.66. The molecule has 0 spiro atoms. The second-order valence-electron chi connectivity index (χ2n) is 10.2. The Bertz CT molecular complexity index is 1780. The van der Waals surface area contributed by atoms with Crippen molar-refractivity contribution in [2.75, 3.05) is 7.11 Å². The number of allylic oxidation sites excluding steroid dienone is 1. The maximum absolute atomic E-state index is 14.0. The third-order valence-electron chi connectivity index (χ3n) is 7.47. The molecular weight excluding hydrogens is 494 g/mol. The molecule has 2 aromatic carbocycles. The van der Waals surface area contributed by atoms with Crippen LogP contribution in [0.2, 0.25) is 0 Å². The summed E-state index contributed by atoms with van der Waals surface area (Å²) in [5.74, 6) is -0.101. The topological polar surface area (TPSA) is 65.6 Å². The molecule has 0 unspecified atom stereocenters. The van der Waals surface area contributed by atoms with Crippen LogP contribution in [0.5, 0.6) is 0 Å². The zero-order valence-electron chi connectivity index (χ0n) is 23.0. The summed E-state index contributed by atoms with van der Waals surface area (Å²) >= 11 is 1.36. The van der Waals surface area contributed by atoms with Crippen LogP contribution in [0.15, 0.2) is 63.5 Å². The lowest BCUT2D eigenvalue weighted by atomic mass is 9.93. The predicted molar refractivity (Wildman–Crippen MR) is 153 cm³/mol. The first-order valence-electron chi connectivity index (χ1n) is 13.0. The standard InChI is InChI=1S/C31H33N3O3S/c1-8-33-20(6)23(24-15-18(4)9-14-25(24)33)16-26-29(35)34-28(22-12-10-21(11-13-22)17(2)3)27(30(36)37-7)19(5)32-31(34)38-26/h9-17,28H,8H2,1-7H3/b26-16-/t28-/m0/s1. The third-order valence-corrected chi connectivity index (χ3v) is 8.45. The number of hydrogen-bond donors (Lipinski definition) is 0. The van der Waals surface area contributed by atoms with Crippen LogP contribution in [-0.2, 0) is 16.1 Å². The summed E-state index contributed by atoms with van der Waals surface area (Å²) in [6, 6.07) is 14.0. The highest BCUT2D eigenvalue weighted by Crippen LogP contribution is 2.32. The largest absolute Gasteiger partial charge is 0.466 e. The fourth-order valence-electron chi connectivity index (χ4n) is 5.41. The Kier molecular flexibility index (Phi) is 6.73. The molecule has 0 amide bonds. The molecule has 196 valence electrons. The quantitative estimate of drug-likeness (QED) is 0.338. The minimum absolute atomic E-state index is 0.162. The molecular formula is C31H33N3O3S. The van der Waals surface area contributed by atoms with Gasteiger partial charge in [-0.2, -0.15) is 0 Å². The third kappa shape index (κ3) is 4.15. The zero-order chi connectivity index (χ0) is 27.3. The molecule has 1 atom stereocenters. The number of methoxy groups -OCH3 is 1. The normalized spacial score (nSPS) is 15.8. The van der Waals surface area contributed by atoms with E-state index in [1.54, 1.807) is 11.5 Å². The molecule has 38 heavy (non-hydrogen) atoms. The van der Waals surface area contributed by atoms with Crippen molar-refractivity contribution in [1.82, 2.24) is 9.13 Å². The molecule has 1 aliphatic heterocycles. The summed E-state index contributed by atoms with van der Waals surface area (Å²) in [4.78, 5) is 32.3. The van der Waals surface area contributed by atoms with Crippen LogP contribution in [0.3, 0.4) is 0 Å². The number of nitrogens with zero attached hydrogens (tertiary/aromatic N) is 3. The molecule has 0 bridgehead atoms. The first-order valence-corrected chi connectivity index (χ1v) is 13.8. The number of carbonyl (C=O) groups excluding carboxylic acids is 1. The maximum Gasteiger partial charge on any atom is 0.338 e. The number of aromatic nitrogens is 2. The molecule has 6 nitrogen and oxygen atoms in total. The molecule has 3 heterocycles. The first-order chi connectivity index (χ1) is 18.2. The molecule has 0 aliphatic carbocycles. The van der Waals surface area contributed by atoms with Crippen LogP contribution in [0.4, 0.5) is 0 Å². The van der Waals surface area contributed by atoms with Gasteiger partial charge in [-0.1, -0.05) is 61.1 Å². The zero-order valence-corrected chi connectivity index (χ0v) is 23.8. The summed E-state index contributed by atoms with van der Waals surface area (Å²) in [5.41, 5.74) is 7.32. The number of esters is 1. The maximum atomic E-state index is 14.0. The molecule has 1 aliphatic rings. The van der Waals surface area contributed by atoms with E-state index in [0.717, 1.165) is 34.3 Å². The van der Waals surface area contributed by atoms with Crippen molar-refractivity contribution in [3.63, 3.8) is 0 Å². The molecule has 7 heteroatoms. The van der Waals surface area contributed by atoms with E-state index >= 15 is 0 Å². The number of rotatable bonds is 5. The van der Waals surface area contributed by atoms with E-state index in [0.29, 0.717) is 26.5 Å².